The molecule has 0 radical (unpaired) electrons. The van der Waals surface area contributed by atoms with E-state index in [1.54, 1.807) is 31.2 Å². The fourth-order valence-corrected chi connectivity index (χ4v) is 4.96. The molecule has 208 valence electrons. The molecule has 2 aromatic carbocycles. The lowest BCUT2D eigenvalue weighted by Gasteiger charge is -2.42. The van der Waals surface area contributed by atoms with Crippen molar-refractivity contribution in [2.75, 3.05) is 32.6 Å². The number of nitrogens with one attached hydrogen (secondary N) is 2. The zero-order valence-electron chi connectivity index (χ0n) is 20.3. The maximum atomic E-state index is 12.8. The van der Waals surface area contributed by atoms with E-state index in [-0.39, 0.29) is 24.8 Å². The van der Waals surface area contributed by atoms with E-state index in [4.69, 9.17) is 9.47 Å². The molecule has 0 atom stereocenters. The summed E-state index contributed by atoms with van der Waals surface area (Å²) in [6.45, 7) is 1.77. The molecule has 2 N–H and O–H groups in total. The molecule has 1 heterocycles. The van der Waals surface area contributed by atoms with E-state index < -0.39 is 39.2 Å². The highest BCUT2D eigenvalue weighted by Crippen LogP contribution is 2.33. The standard InChI is InChI=1S/C24H25F6N3O4S/c1-3-32-20(12-21(31-2)37-19-9-7-17(8-10-19)24(28,29)30)16-5-4-6-18(11-16)22(13-36-14-22)33-38(34,35)15-23(25,26)27/h4-12,31,33H,3,13-15H2,1-2H3/b21-12+,32-20-. The van der Waals surface area contributed by atoms with E-state index in [9.17, 15) is 34.8 Å². The molecule has 1 aliphatic heterocycles. The lowest BCUT2D eigenvalue weighted by molar-refractivity contribution is -0.137. The van der Waals surface area contributed by atoms with E-state index in [0.29, 0.717) is 23.4 Å². The van der Waals surface area contributed by atoms with E-state index in [1.807, 2.05) is 0 Å². The minimum Gasteiger partial charge on any atom is -0.441 e. The second-order valence-electron chi connectivity index (χ2n) is 8.37. The number of aliphatic imine (C=N–C) groups is 1. The minimum absolute atomic E-state index is 0.132. The maximum Gasteiger partial charge on any atom is 0.416 e. The summed E-state index contributed by atoms with van der Waals surface area (Å²) < 4.78 is 114. The predicted octanol–water partition coefficient (Wildman–Crippen LogP) is 4.36. The molecule has 0 aromatic heterocycles. The number of sulfonamides is 1. The summed E-state index contributed by atoms with van der Waals surface area (Å²) in [7, 11) is -3.18. The lowest BCUT2D eigenvalue weighted by atomic mass is 9.87. The van der Waals surface area contributed by atoms with Crippen molar-refractivity contribution in [3.63, 3.8) is 0 Å². The van der Waals surface area contributed by atoms with Crippen molar-refractivity contribution in [1.29, 1.82) is 0 Å². The molecule has 0 amide bonds. The molecule has 0 bridgehead atoms. The highest BCUT2D eigenvalue weighted by Gasteiger charge is 2.46. The molecule has 1 saturated heterocycles. The monoisotopic (exact) mass is 565 g/mol. The number of allylic oxidation sites excluding steroid dienone is 1. The lowest BCUT2D eigenvalue weighted by Crippen LogP contribution is -2.60. The zero-order chi connectivity index (χ0) is 28.2. The van der Waals surface area contributed by atoms with Crippen LogP contribution in [-0.4, -0.2) is 52.9 Å². The van der Waals surface area contributed by atoms with Crippen LogP contribution < -0.4 is 14.8 Å². The number of nitrogens with zero attached hydrogens (tertiary/aromatic N) is 1. The van der Waals surface area contributed by atoms with Gasteiger partial charge < -0.3 is 14.8 Å². The second kappa shape index (κ2) is 11.3. The molecule has 3 rings (SSSR count). The fourth-order valence-electron chi connectivity index (χ4n) is 3.62. The molecular weight excluding hydrogens is 540 g/mol. The van der Waals surface area contributed by atoms with Crippen LogP contribution in [0.15, 0.2) is 65.5 Å². The summed E-state index contributed by atoms with van der Waals surface area (Å²) >= 11 is 0. The normalized spacial score (nSPS) is 16.6. The third-order valence-corrected chi connectivity index (χ3v) is 6.77. The summed E-state index contributed by atoms with van der Waals surface area (Å²) in [5, 5.41) is 2.79. The van der Waals surface area contributed by atoms with Crippen LogP contribution in [0.25, 0.3) is 0 Å². The summed E-state index contributed by atoms with van der Waals surface area (Å²) in [5.41, 5.74) is -0.971. The van der Waals surface area contributed by atoms with Gasteiger partial charge in [-0.25, -0.2) is 8.42 Å². The number of hydrogen-bond acceptors (Lipinski definition) is 6. The van der Waals surface area contributed by atoms with Gasteiger partial charge in [-0.15, -0.1) is 0 Å². The molecule has 0 unspecified atom stereocenters. The third-order valence-electron chi connectivity index (χ3n) is 5.36. The Morgan fingerprint density at radius 3 is 2.26 bits per heavy atom. The van der Waals surface area contributed by atoms with Crippen molar-refractivity contribution in [2.45, 2.75) is 24.8 Å². The summed E-state index contributed by atoms with van der Waals surface area (Å²) in [6, 6.07) is 10.5. The largest absolute Gasteiger partial charge is 0.441 e. The van der Waals surface area contributed by atoms with Gasteiger partial charge in [0.25, 0.3) is 0 Å². The molecule has 0 aliphatic carbocycles. The molecule has 7 nitrogen and oxygen atoms in total. The topological polar surface area (TPSA) is 89.0 Å². The quantitative estimate of drug-likeness (QED) is 0.254. The second-order valence-corrected chi connectivity index (χ2v) is 10.1. The molecule has 2 aromatic rings. The first-order valence-electron chi connectivity index (χ1n) is 11.2. The number of ether oxygens (including phenoxy) is 2. The predicted molar refractivity (Wildman–Crippen MR) is 128 cm³/mol. The van der Waals surface area contributed by atoms with Crippen molar-refractivity contribution >= 4 is 15.7 Å². The van der Waals surface area contributed by atoms with Crippen LogP contribution in [0.2, 0.25) is 0 Å². The molecule has 14 heteroatoms. The molecule has 0 saturated carbocycles. The van der Waals surface area contributed by atoms with Gasteiger partial charge in [-0.05, 0) is 42.8 Å². The SMILES string of the molecule is CC/N=C(/C=C(\NC)Oc1ccc(C(F)(F)F)cc1)c1cccc(C2(NS(=O)(=O)CC(F)(F)F)COC2)c1. The highest BCUT2D eigenvalue weighted by molar-refractivity contribution is 7.89. The minimum atomic E-state index is -4.91. The average Bonchev–Trinajstić information content (AvgIpc) is 2.79. The Hall–Kier alpha value is -3.10. The zero-order valence-corrected chi connectivity index (χ0v) is 21.1. The van der Waals surface area contributed by atoms with Crippen LogP contribution in [0.4, 0.5) is 26.3 Å². The van der Waals surface area contributed by atoms with Gasteiger partial charge in [0.2, 0.25) is 10.0 Å². The summed E-state index contributed by atoms with van der Waals surface area (Å²) in [6.07, 6.45) is -7.91. The third kappa shape index (κ3) is 7.71. The Morgan fingerprint density at radius 1 is 1.11 bits per heavy atom. The average molecular weight is 566 g/mol. The maximum absolute atomic E-state index is 12.8. The first-order chi connectivity index (χ1) is 17.7. The van der Waals surface area contributed by atoms with Crippen LogP contribution in [0.3, 0.4) is 0 Å². The van der Waals surface area contributed by atoms with E-state index in [2.05, 4.69) is 15.0 Å². The van der Waals surface area contributed by atoms with Crippen molar-refractivity contribution < 1.29 is 44.2 Å². The molecule has 1 aliphatic rings. The van der Waals surface area contributed by atoms with E-state index in [1.165, 1.54) is 25.3 Å². The van der Waals surface area contributed by atoms with Gasteiger partial charge >= 0.3 is 12.4 Å². The van der Waals surface area contributed by atoms with Gasteiger partial charge in [0.15, 0.2) is 11.6 Å². The van der Waals surface area contributed by atoms with Gasteiger partial charge in [-0.1, -0.05) is 18.2 Å². The first kappa shape index (κ1) is 29.5. The Bertz CT molecular complexity index is 1290. The van der Waals surface area contributed by atoms with Crippen LogP contribution in [0.5, 0.6) is 5.75 Å². The molecule has 1 fully saturated rings. The van der Waals surface area contributed by atoms with Crippen molar-refractivity contribution in [3.8, 4) is 5.75 Å². The Morgan fingerprint density at radius 2 is 1.76 bits per heavy atom. The molecule has 38 heavy (non-hydrogen) atoms. The van der Waals surface area contributed by atoms with Gasteiger partial charge in [0.1, 0.15) is 11.3 Å². The van der Waals surface area contributed by atoms with Crippen LogP contribution in [-0.2, 0) is 26.5 Å². The highest BCUT2D eigenvalue weighted by atomic mass is 32.2. The molecule has 0 spiro atoms. The van der Waals surface area contributed by atoms with E-state index >= 15 is 0 Å². The summed E-state index contributed by atoms with van der Waals surface area (Å²) in [4.78, 5) is 4.41. The number of halogens is 6. The van der Waals surface area contributed by atoms with Gasteiger partial charge in [0.05, 0.1) is 24.5 Å². The van der Waals surface area contributed by atoms with Gasteiger partial charge in [-0.2, -0.15) is 31.1 Å². The Kier molecular flexibility index (Phi) is 8.79. The number of alkyl halides is 6. The molecular formula is C24H25F6N3O4S. The van der Waals surface area contributed by atoms with Gasteiger partial charge in [0, 0.05) is 25.2 Å². The smallest absolute Gasteiger partial charge is 0.416 e. The van der Waals surface area contributed by atoms with Crippen LogP contribution in [0.1, 0.15) is 23.6 Å². The van der Waals surface area contributed by atoms with Crippen LogP contribution >= 0.6 is 0 Å². The number of hydrogen-bond donors (Lipinski definition) is 2. The van der Waals surface area contributed by atoms with Crippen LogP contribution in [0, 0.1) is 0 Å². The van der Waals surface area contributed by atoms with E-state index in [0.717, 1.165) is 12.1 Å². The Balaban J connectivity index is 1.89. The number of rotatable bonds is 10. The number of benzene rings is 2. The summed E-state index contributed by atoms with van der Waals surface area (Å²) in [5.74, 6) is -1.75. The van der Waals surface area contributed by atoms with Crippen molar-refractivity contribution in [1.82, 2.24) is 10.0 Å². The Labute approximate surface area is 215 Å². The first-order valence-corrected chi connectivity index (χ1v) is 12.9. The van der Waals surface area contributed by atoms with Crippen molar-refractivity contribution in [2.24, 2.45) is 4.99 Å². The van der Waals surface area contributed by atoms with Gasteiger partial charge in [-0.3, -0.25) is 4.99 Å². The fraction of sp³-hybridized carbons (Fsp3) is 0.375. The van der Waals surface area contributed by atoms with Crippen molar-refractivity contribution in [3.05, 3.63) is 77.2 Å².